The fourth-order valence-electron chi connectivity index (χ4n) is 3.20. The van der Waals surface area contributed by atoms with Crippen LogP contribution in [-0.4, -0.2) is 54.0 Å². The van der Waals surface area contributed by atoms with Crippen molar-refractivity contribution in [3.8, 4) is 0 Å². The molecule has 2 rings (SSSR count). The standard InChI is InChI=1S/C19H33N5OS.HI/c1-6-20-19(21-10-7-17-14(4)22-15(5)26-17)23-16-8-11-24(12-9-16)18(25)13(2)3;/h13,16H,6-12H2,1-5H3,(H2,20,21,23);1H. The lowest BCUT2D eigenvalue weighted by Gasteiger charge is -2.34. The maximum absolute atomic E-state index is 12.1. The van der Waals surface area contributed by atoms with Crippen molar-refractivity contribution in [2.24, 2.45) is 10.9 Å². The van der Waals surface area contributed by atoms with Gasteiger partial charge < -0.3 is 15.5 Å². The molecule has 0 bridgehead atoms. The molecule has 0 unspecified atom stereocenters. The molecule has 1 amide bonds. The number of hydrogen-bond donors (Lipinski definition) is 2. The van der Waals surface area contributed by atoms with E-state index in [0.717, 1.165) is 62.1 Å². The minimum Gasteiger partial charge on any atom is -0.357 e. The summed E-state index contributed by atoms with van der Waals surface area (Å²) in [5.74, 6) is 1.22. The van der Waals surface area contributed by atoms with E-state index in [0.29, 0.717) is 6.04 Å². The molecular weight excluding hydrogens is 473 g/mol. The number of halogens is 1. The van der Waals surface area contributed by atoms with E-state index in [1.54, 1.807) is 11.3 Å². The Kier molecular flexibility index (Phi) is 10.6. The predicted molar refractivity (Wildman–Crippen MR) is 124 cm³/mol. The van der Waals surface area contributed by atoms with Crippen LogP contribution in [0.2, 0.25) is 0 Å². The number of rotatable bonds is 6. The zero-order valence-electron chi connectivity index (χ0n) is 17.2. The second kappa shape index (κ2) is 11.8. The SMILES string of the molecule is CCNC(=NCCc1sc(C)nc1C)NC1CCN(C(=O)C(C)C)CC1.I. The highest BCUT2D eigenvalue weighted by atomic mass is 127. The lowest BCUT2D eigenvalue weighted by atomic mass is 10.0. The van der Waals surface area contributed by atoms with E-state index in [9.17, 15) is 4.79 Å². The first-order valence-electron chi connectivity index (χ1n) is 9.67. The van der Waals surface area contributed by atoms with Crippen molar-refractivity contribution in [3.05, 3.63) is 15.6 Å². The van der Waals surface area contributed by atoms with Crippen LogP contribution in [0.5, 0.6) is 0 Å². The van der Waals surface area contributed by atoms with Crippen LogP contribution in [0.25, 0.3) is 0 Å². The highest BCUT2D eigenvalue weighted by molar-refractivity contribution is 14.0. The molecule has 1 fully saturated rings. The van der Waals surface area contributed by atoms with Crippen molar-refractivity contribution < 1.29 is 4.79 Å². The first-order chi connectivity index (χ1) is 12.4. The van der Waals surface area contributed by atoms with Gasteiger partial charge in [-0.25, -0.2) is 4.98 Å². The average molecular weight is 507 g/mol. The summed E-state index contributed by atoms with van der Waals surface area (Å²) in [7, 11) is 0. The number of thiazole rings is 1. The second-order valence-corrected chi connectivity index (χ2v) is 8.44. The summed E-state index contributed by atoms with van der Waals surface area (Å²) in [6.07, 6.45) is 2.86. The van der Waals surface area contributed by atoms with E-state index < -0.39 is 0 Å². The molecule has 1 aliphatic rings. The molecule has 0 radical (unpaired) electrons. The molecule has 154 valence electrons. The van der Waals surface area contributed by atoms with Crippen LogP contribution in [0.3, 0.4) is 0 Å². The highest BCUT2D eigenvalue weighted by Gasteiger charge is 2.24. The fraction of sp³-hybridized carbons (Fsp3) is 0.737. The van der Waals surface area contributed by atoms with E-state index in [-0.39, 0.29) is 35.8 Å². The maximum Gasteiger partial charge on any atom is 0.225 e. The van der Waals surface area contributed by atoms with E-state index in [4.69, 9.17) is 4.99 Å². The number of nitrogens with one attached hydrogen (secondary N) is 2. The van der Waals surface area contributed by atoms with Crippen molar-refractivity contribution >= 4 is 47.2 Å². The Morgan fingerprint density at radius 1 is 1.33 bits per heavy atom. The second-order valence-electron chi connectivity index (χ2n) is 7.15. The van der Waals surface area contributed by atoms with Crippen LogP contribution >= 0.6 is 35.3 Å². The monoisotopic (exact) mass is 507 g/mol. The summed E-state index contributed by atoms with van der Waals surface area (Å²) >= 11 is 1.76. The van der Waals surface area contributed by atoms with Gasteiger partial charge >= 0.3 is 0 Å². The molecule has 0 saturated carbocycles. The highest BCUT2D eigenvalue weighted by Crippen LogP contribution is 2.17. The van der Waals surface area contributed by atoms with Crippen LogP contribution in [0.4, 0.5) is 0 Å². The fourth-order valence-corrected chi connectivity index (χ4v) is 4.12. The first-order valence-corrected chi connectivity index (χ1v) is 10.5. The first kappa shape index (κ1) is 24.1. The summed E-state index contributed by atoms with van der Waals surface area (Å²) in [6.45, 7) is 13.4. The van der Waals surface area contributed by atoms with Crippen molar-refractivity contribution in [1.82, 2.24) is 20.5 Å². The van der Waals surface area contributed by atoms with Gasteiger partial charge in [-0.3, -0.25) is 9.79 Å². The summed E-state index contributed by atoms with van der Waals surface area (Å²) in [4.78, 5) is 24.6. The van der Waals surface area contributed by atoms with Gasteiger partial charge in [0.15, 0.2) is 5.96 Å². The van der Waals surface area contributed by atoms with Gasteiger partial charge in [0.05, 0.1) is 10.7 Å². The van der Waals surface area contributed by atoms with Gasteiger partial charge in [0.2, 0.25) is 5.91 Å². The molecule has 0 atom stereocenters. The third-order valence-corrected chi connectivity index (χ3v) is 5.73. The third-order valence-electron chi connectivity index (χ3n) is 4.59. The molecule has 1 aliphatic heterocycles. The minimum atomic E-state index is 0. The molecule has 1 saturated heterocycles. The molecule has 27 heavy (non-hydrogen) atoms. The number of piperidine rings is 1. The number of aryl methyl sites for hydroxylation is 2. The summed E-state index contributed by atoms with van der Waals surface area (Å²) in [5, 5.41) is 7.99. The smallest absolute Gasteiger partial charge is 0.225 e. The Morgan fingerprint density at radius 3 is 2.52 bits per heavy atom. The Bertz CT molecular complexity index is 624. The maximum atomic E-state index is 12.1. The molecule has 6 nitrogen and oxygen atoms in total. The number of carbonyl (C=O) groups is 1. The molecular formula is C19H34IN5OS. The summed E-state index contributed by atoms with van der Waals surface area (Å²) < 4.78 is 0. The lowest BCUT2D eigenvalue weighted by molar-refractivity contribution is -0.135. The number of carbonyl (C=O) groups excluding carboxylic acids is 1. The normalized spacial score (nSPS) is 15.6. The number of likely N-dealkylation sites (tertiary alicyclic amines) is 1. The average Bonchev–Trinajstić information content (AvgIpc) is 2.92. The van der Waals surface area contributed by atoms with Gasteiger partial charge in [-0.15, -0.1) is 35.3 Å². The Labute approximate surface area is 184 Å². The lowest BCUT2D eigenvalue weighted by Crippen LogP contribution is -2.50. The molecule has 2 N–H and O–H groups in total. The quantitative estimate of drug-likeness (QED) is 0.353. The topological polar surface area (TPSA) is 69.6 Å². The zero-order chi connectivity index (χ0) is 19.1. The molecule has 8 heteroatoms. The number of nitrogens with zero attached hydrogens (tertiary/aromatic N) is 3. The molecule has 1 aromatic rings. The van der Waals surface area contributed by atoms with Gasteiger partial charge in [-0.05, 0) is 33.6 Å². The number of guanidine groups is 1. The van der Waals surface area contributed by atoms with Crippen LogP contribution in [0.15, 0.2) is 4.99 Å². The van der Waals surface area contributed by atoms with Gasteiger partial charge in [0, 0.05) is 49.4 Å². The van der Waals surface area contributed by atoms with Crippen LogP contribution in [-0.2, 0) is 11.2 Å². The Hall–Kier alpha value is -0.900. The minimum absolute atomic E-state index is 0. The largest absolute Gasteiger partial charge is 0.357 e. The van der Waals surface area contributed by atoms with E-state index in [1.165, 1.54) is 4.88 Å². The Morgan fingerprint density at radius 2 is 2.00 bits per heavy atom. The molecule has 0 aromatic carbocycles. The predicted octanol–water partition coefficient (Wildman–Crippen LogP) is 3.12. The van der Waals surface area contributed by atoms with Gasteiger partial charge in [0.25, 0.3) is 0 Å². The van der Waals surface area contributed by atoms with Crippen molar-refractivity contribution in [2.45, 2.75) is 59.9 Å². The molecule has 1 aromatic heterocycles. The summed E-state index contributed by atoms with van der Waals surface area (Å²) in [5.41, 5.74) is 1.13. The van der Waals surface area contributed by atoms with E-state index >= 15 is 0 Å². The zero-order valence-corrected chi connectivity index (χ0v) is 20.3. The molecule has 2 heterocycles. The van der Waals surface area contributed by atoms with Crippen LogP contribution in [0.1, 0.15) is 49.2 Å². The van der Waals surface area contributed by atoms with Gasteiger partial charge in [-0.1, -0.05) is 13.8 Å². The summed E-state index contributed by atoms with van der Waals surface area (Å²) in [6, 6.07) is 0.372. The number of amides is 1. The van der Waals surface area contributed by atoms with Crippen molar-refractivity contribution in [3.63, 3.8) is 0 Å². The van der Waals surface area contributed by atoms with Gasteiger partial charge in [-0.2, -0.15) is 0 Å². The third kappa shape index (κ3) is 7.56. The number of hydrogen-bond acceptors (Lipinski definition) is 4. The number of aromatic nitrogens is 1. The molecule has 0 spiro atoms. The van der Waals surface area contributed by atoms with Crippen molar-refractivity contribution in [2.75, 3.05) is 26.2 Å². The molecule has 0 aliphatic carbocycles. The van der Waals surface area contributed by atoms with Crippen molar-refractivity contribution in [1.29, 1.82) is 0 Å². The van der Waals surface area contributed by atoms with Crippen LogP contribution in [0, 0.1) is 19.8 Å². The van der Waals surface area contributed by atoms with Crippen LogP contribution < -0.4 is 10.6 Å². The Balaban J connectivity index is 0.00000364. The van der Waals surface area contributed by atoms with E-state index in [2.05, 4.69) is 29.5 Å². The van der Waals surface area contributed by atoms with Gasteiger partial charge in [0.1, 0.15) is 0 Å². The van der Waals surface area contributed by atoms with E-state index in [1.807, 2.05) is 25.7 Å². The number of aliphatic imine (C=N–C) groups is 1.